The summed E-state index contributed by atoms with van der Waals surface area (Å²) in [5.41, 5.74) is 0.584. The number of nitrogens with one attached hydrogen (secondary N) is 2. The van der Waals surface area contributed by atoms with Crippen molar-refractivity contribution in [3.05, 3.63) is 12.4 Å². The topological polar surface area (TPSA) is 68.2 Å². The fraction of sp³-hybridized carbons (Fsp3) is 0.733. The van der Waals surface area contributed by atoms with Crippen LogP contribution in [0.5, 0.6) is 0 Å². The molecule has 0 aromatic carbocycles. The van der Waals surface area contributed by atoms with Crippen LogP contribution in [-0.4, -0.2) is 33.6 Å². The van der Waals surface area contributed by atoms with Crippen LogP contribution in [0.1, 0.15) is 53.5 Å². The third-order valence-corrected chi connectivity index (χ3v) is 3.36. The van der Waals surface area contributed by atoms with E-state index < -0.39 is 5.60 Å². The van der Waals surface area contributed by atoms with Crippen LogP contribution in [-0.2, 0) is 4.74 Å². The molecule has 1 saturated carbocycles. The number of nitrogens with zero attached hydrogens (tertiary/aromatic N) is 2. The smallest absolute Gasteiger partial charge is 0.407 e. The van der Waals surface area contributed by atoms with E-state index in [0.29, 0.717) is 12.1 Å². The van der Waals surface area contributed by atoms with E-state index in [1.54, 1.807) is 0 Å². The molecule has 1 amide bonds. The summed E-state index contributed by atoms with van der Waals surface area (Å²) < 4.78 is 7.17. The molecule has 1 aliphatic carbocycles. The molecular weight excluding hydrogens is 268 g/mol. The third kappa shape index (κ3) is 4.65. The first-order valence-electron chi connectivity index (χ1n) is 7.53. The average Bonchev–Trinajstić information content (AvgIpc) is 2.72. The summed E-state index contributed by atoms with van der Waals surface area (Å²) in [6.07, 6.45) is 5.34. The Balaban J connectivity index is 1.70. The summed E-state index contributed by atoms with van der Waals surface area (Å²) in [4.78, 5) is 11.6. The Kier molecular flexibility index (Phi) is 4.44. The van der Waals surface area contributed by atoms with Gasteiger partial charge in [-0.25, -0.2) is 4.79 Å². The molecular formula is C15H26N4O2. The van der Waals surface area contributed by atoms with Crippen molar-refractivity contribution in [2.75, 3.05) is 5.32 Å². The van der Waals surface area contributed by atoms with Crippen molar-refractivity contribution in [2.45, 2.75) is 71.2 Å². The molecule has 118 valence electrons. The van der Waals surface area contributed by atoms with Gasteiger partial charge in [0.05, 0.1) is 11.9 Å². The van der Waals surface area contributed by atoms with E-state index in [9.17, 15) is 4.79 Å². The molecule has 1 fully saturated rings. The van der Waals surface area contributed by atoms with Gasteiger partial charge >= 0.3 is 6.09 Å². The predicted molar refractivity (Wildman–Crippen MR) is 82.4 cm³/mol. The zero-order chi connectivity index (χ0) is 15.6. The number of carbonyl (C=O) groups excluding carboxylic acids is 1. The van der Waals surface area contributed by atoms with Crippen molar-refractivity contribution in [2.24, 2.45) is 0 Å². The van der Waals surface area contributed by atoms with E-state index in [-0.39, 0.29) is 12.1 Å². The van der Waals surface area contributed by atoms with Gasteiger partial charge in [0.1, 0.15) is 5.60 Å². The Morgan fingerprint density at radius 2 is 2.05 bits per heavy atom. The molecule has 1 heterocycles. The molecule has 0 unspecified atom stereocenters. The van der Waals surface area contributed by atoms with Crippen LogP contribution >= 0.6 is 0 Å². The van der Waals surface area contributed by atoms with Gasteiger partial charge in [0.25, 0.3) is 0 Å². The molecule has 1 aliphatic rings. The van der Waals surface area contributed by atoms with Crippen molar-refractivity contribution in [3.8, 4) is 0 Å². The number of alkyl carbamates (subject to hydrolysis) is 1. The Hall–Kier alpha value is -1.72. The molecule has 0 bridgehead atoms. The fourth-order valence-electron chi connectivity index (χ4n) is 2.26. The van der Waals surface area contributed by atoms with E-state index in [2.05, 4.69) is 29.6 Å². The summed E-state index contributed by atoms with van der Waals surface area (Å²) in [5, 5.41) is 10.6. The van der Waals surface area contributed by atoms with Crippen molar-refractivity contribution < 1.29 is 9.53 Å². The summed E-state index contributed by atoms with van der Waals surface area (Å²) in [6, 6.07) is 0.941. The summed E-state index contributed by atoms with van der Waals surface area (Å²) in [6.45, 7) is 9.79. The minimum absolute atomic E-state index is 0.192. The molecule has 6 nitrogen and oxygen atoms in total. The maximum atomic E-state index is 11.6. The van der Waals surface area contributed by atoms with Crippen LogP contribution in [0.2, 0.25) is 0 Å². The summed E-state index contributed by atoms with van der Waals surface area (Å²) in [5.74, 6) is 0. The van der Waals surface area contributed by atoms with Crippen molar-refractivity contribution in [3.63, 3.8) is 0 Å². The summed E-state index contributed by atoms with van der Waals surface area (Å²) in [7, 11) is 0. The van der Waals surface area contributed by atoms with E-state index >= 15 is 0 Å². The lowest BCUT2D eigenvalue weighted by Gasteiger charge is -2.36. The molecule has 0 saturated heterocycles. The quantitative estimate of drug-likeness (QED) is 0.896. The number of ether oxygens (including phenoxy) is 1. The Morgan fingerprint density at radius 3 is 2.57 bits per heavy atom. The van der Waals surface area contributed by atoms with Crippen LogP contribution in [0.4, 0.5) is 10.5 Å². The summed E-state index contributed by atoms with van der Waals surface area (Å²) >= 11 is 0. The first kappa shape index (κ1) is 15.7. The number of hydrogen-bond acceptors (Lipinski definition) is 4. The van der Waals surface area contributed by atoms with Crippen LogP contribution in [0, 0.1) is 0 Å². The van der Waals surface area contributed by atoms with Gasteiger partial charge in [-0.15, -0.1) is 0 Å². The van der Waals surface area contributed by atoms with Crippen molar-refractivity contribution in [1.82, 2.24) is 15.1 Å². The fourth-order valence-corrected chi connectivity index (χ4v) is 2.26. The third-order valence-electron chi connectivity index (χ3n) is 3.36. The molecule has 1 aromatic rings. The number of amides is 1. The number of aromatic nitrogens is 2. The van der Waals surface area contributed by atoms with Gasteiger partial charge < -0.3 is 15.4 Å². The van der Waals surface area contributed by atoms with Crippen molar-refractivity contribution >= 4 is 11.8 Å². The molecule has 0 atom stereocenters. The van der Waals surface area contributed by atoms with Gasteiger partial charge in [-0.1, -0.05) is 0 Å². The average molecular weight is 294 g/mol. The number of rotatable bonds is 4. The van der Waals surface area contributed by atoms with Crippen LogP contribution in [0.25, 0.3) is 0 Å². The van der Waals surface area contributed by atoms with Crippen LogP contribution < -0.4 is 10.6 Å². The van der Waals surface area contributed by atoms with Crippen LogP contribution in [0.3, 0.4) is 0 Å². The molecule has 2 N–H and O–H groups in total. The molecule has 1 aromatic heterocycles. The number of anilines is 1. The van der Waals surface area contributed by atoms with Gasteiger partial charge in [-0.3, -0.25) is 4.68 Å². The van der Waals surface area contributed by atoms with E-state index in [0.717, 1.165) is 18.5 Å². The molecule has 0 aliphatic heterocycles. The maximum Gasteiger partial charge on any atom is 0.407 e. The second-order valence-electron chi connectivity index (χ2n) is 6.96. The second-order valence-corrected chi connectivity index (χ2v) is 6.96. The van der Waals surface area contributed by atoms with Gasteiger partial charge in [-0.2, -0.15) is 5.10 Å². The lowest BCUT2D eigenvalue weighted by atomic mass is 9.87. The molecule has 6 heteroatoms. The maximum absolute atomic E-state index is 11.6. The SMILES string of the molecule is CC(C)n1cc(NC2CC(NC(=O)OC(C)(C)C)C2)cn1. The molecule has 0 spiro atoms. The zero-order valence-corrected chi connectivity index (χ0v) is 13.5. The van der Waals surface area contributed by atoms with E-state index in [1.165, 1.54) is 0 Å². The first-order valence-corrected chi connectivity index (χ1v) is 7.53. The van der Waals surface area contributed by atoms with E-state index in [4.69, 9.17) is 4.74 Å². The standard InChI is InChI=1S/C15H26N4O2/c1-10(2)19-9-13(8-16-19)17-11-6-12(7-11)18-14(20)21-15(3,4)5/h8-12,17H,6-7H2,1-5H3,(H,18,20). The highest BCUT2D eigenvalue weighted by Crippen LogP contribution is 2.25. The lowest BCUT2D eigenvalue weighted by molar-refractivity contribution is 0.0475. The highest BCUT2D eigenvalue weighted by atomic mass is 16.6. The second kappa shape index (κ2) is 5.95. The number of carbonyl (C=O) groups is 1. The van der Waals surface area contributed by atoms with Gasteiger partial charge in [-0.05, 0) is 47.5 Å². The Bertz CT molecular complexity index is 484. The van der Waals surface area contributed by atoms with Gasteiger partial charge in [0.15, 0.2) is 0 Å². The Labute approximate surface area is 126 Å². The van der Waals surface area contributed by atoms with Gasteiger partial charge in [0.2, 0.25) is 0 Å². The number of hydrogen-bond donors (Lipinski definition) is 2. The highest BCUT2D eigenvalue weighted by Gasteiger charge is 2.31. The monoisotopic (exact) mass is 294 g/mol. The normalized spacial score (nSPS) is 21.8. The molecule has 2 rings (SSSR count). The van der Waals surface area contributed by atoms with Crippen molar-refractivity contribution in [1.29, 1.82) is 0 Å². The van der Waals surface area contributed by atoms with Crippen LogP contribution in [0.15, 0.2) is 12.4 Å². The Morgan fingerprint density at radius 1 is 1.38 bits per heavy atom. The highest BCUT2D eigenvalue weighted by molar-refractivity contribution is 5.68. The minimum atomic E-state index is -0.448. The zero-order valence-electron chi connectivity index (χ0n) is 13.5. The largest absolute Gasteiger partial charge is 0.444 e. The molecule has 21 heavy (non-hydrogen) atoms. The minimum Gasteiger partial charge on any atom is -0.444 e. The van der Waals surface area contributed by atoms with Gasteiger partial charge in [0, 0.05) is 24.3 Å². The molecule has 0 radical (unpaired) electrons. The lowest BCUT2D eigenvalue weighted by Crippen LogP contribution is -2.50. The van der Waals surface area contributed by atoms with E-state index in [1.807, 2.05) is 37.8 Å². The first-order chi connectivity index (χ1) is 9.73. The predicted octanol–water partition coefficient (Wildman–Crippen LogP) is 2.93.